The fraction of sp³-hybridized carbons (Fsp3) is 0.553. The van der Waals surface area contributed by atoms with E-state index in [4.69, 9.17) is 9.05 Å². The molecule has 1 aromatic heterocycles. The number of pyridine rings is 1. The number of aromatic amines is 1. The van der Waals surface area contributed by atoms with E-state index in [-0.39, 0.29) is 93.9 Å². The Bertz CT molecular complexity index is 2400. The van der Waals surface area contributed by atoms with Gasteiger partial charge >= 0.3 is 13.3 Å². The maximum Gasteiger partial charge on any atom is 0.404 e. The molecule has 0 saturated carbocycles. The highest BCUT2D eigenvalue weighted by molar-refractivity contribution is 8.13. The van der Waals surface area contributed by atoms with Crippen LogP contribution in [0.2, 0.25) is 0 Å². The number of hydrogen-bond acceptors (Lipinski definition) is 12. The van der Waals surface area contributed by atoms with Crippen molar-refractivity contribution in [1.82, 2.24) is 20.1 Å². The summed E-state index contributed by atoms with van der Waals surface area (Å²) in [5, 5.41) is 13.2. The van der Waals surface area contributed by atoms with Crippen LogP contribution in [0.3, 0.4) is 0 Å². The van der Waals surface area contributed by atoms with Crippen LogP contribution < -0.4 is 10.9 Å². The van der Waals surface area contributed by atoms with Gasteiger partial charge in [0, 0.05) is 72.8 Å². The fourth-order valence-corrected chi connectivity index (χ4v) is 12.3. The number of aromatic nitrogens is 1. The number of thioether (sulfide) groups is 2. The van der Waals surface area contributed by atoms with Gasteiger partial charge in [0.1, 0.15) is 12.1 Å². The zero-order valence-corrected chi connectivity index (χ0v) is 40.2. The van der Waals surface area contributed by atoms with Crippen molar-refractivity contribution < 1.29 is 46.4 Å². The standard InChI is InChI=1S/C47H58F2N5O9PS2/c1-29(2)21-42(56)65-19-17-62-64(61,63-18-20-66-43(57)22-30(3)4)47(48,49)36-12-11-31-9-10-33(23-34(31)24-36)44(58)52-39-8-6-5-7-37-13-14-40(54(37)45(39)59)46(60)53-27-35(26-50)38(28-53)32-15-16-51-41(55)25-32/h9-12,15-16,23-25,29-30,35,37-40H,5-8,13-14,17-22,27-28H2,1-4H3,(H,51,55)(H,52,58)/t35-,37-,38+,39?,40-/m0/s1. The molecule has 3 aliphatic rings. The molecule has 5 atom stereocenters. The molecular formula is C47H58F2N5O9PS2. The normalized spacial score (nSPS) is 21.4. The van der Waals surface area contributed by atoms with Gasteiger partial charge in [0.05, 0.1) is 25.2 Å². The van der Waals surface area contributed by atoms with Crippen LogP contribution in [0.15, 0.2) is 59.5 Å². The Morgan fingerprint density at radius 2 is 1.53 bits per heavy atom. The van der Waals surface area contributed by atoms with Gasteiger partial charge in [-0.1, -0.05) is 82.3 Å². The number of likely N-dealkylation sites (tertiary alicyclic amines) is 1. The van der Waals surface area contributed by atoms with E-state index in [2.05, 4.69) is 16.4 Å². The summed E-state index contributed by atoms with van der Waals surface area (Å²) in [6, 6.07) is 11.5. The molecule has 356 valence electrons. The van der Waals surface area contributed by atoms with E-state index in [9.17, 15) is 38.6 Å². The van der Waals surface area contributed by atoms with Gasteiger partial charge in [0.15, 0.2) is 10.2 Å². The van der Waals surface area contributed by atoms with E-state index in [1.807, 2.05) is 27.7 Å². The summed E-state index contributed by atoms with van der Waals surface area (Å²) in [6.45, 7) is 6.94. The Labute approximate surface area is 392 Å². The Kier molecular flexibility index (Phi) is 17.5. The summed E-state index contributed by atoms with van der Waals surface area (Å²) in [5.41, 5.74) is -4.45. The first-order valence-corrected chi connectivity index (χ1v) is 26.0. The zero-order valence-electron chi connectivity index (χ0n) is 37.7. The van der Waals surface area contributed by atoms with Crippen molar-refractivity contribution in [3.8, 4) is 6.07 Å². The third kappa shape index (κ3) is 12.4. The number of benzene rings is 2. The third-order valence-corrected chi connectivity index (χ3v) is 15.8. The van der Waals surface area contributed by atoms with Gasteiger partial charge in [-0.15, -0.1) is 0 Å². The molecule has 66 heavy (non-hydrogen) atoms. The van der Waals surface area contributed by atoms with Crippen molar-refractivity contribution in [3.63, 3.8) is 0 Å². The topological polar surface area (TPSA) is 196 Å². The number of H-pyrrole nitrogens is 1. The number of carbonyl (C=O) groups is 5. The van der Waals surface area contributed by atoms with Gasteiger partial charge in [-0.25, -0.2) is 0 Å². The largest absolute Gasteiger partial charge is 0.404 e. The quantitative estimate of drug-likeness (QED) is 0.0917. The van der Waals surface area contributed by atoms with Crippen molar-refractivity contribution in [2.24, 2.45) is 17.8 Å². The Morgan fingerprint density at radius 3 is 2.17 bits per heavy atom. The molecule has 3 aliphatic heterocycles. The molecular weight excluding hydrogens is 912 g/mol. The third-order valence-electron chi connectivity index (χ3n) is 12.1. The van der Waals surface area contributed by atoms with Gasteiger partial charge in [0.2, 0.25) is 17.4 Å². The first-order chi connectivity index (χ1) is 31.4. The average Bonchev–Trinajstić information content (AvgIpc) is 3.90. The molecule has 2 N–H and O–H groups in total. The predicted molar refractivity (Wildman–Crippen MR) is 250 cm³/mol. The molecule has 14 nitrogen and oxygen atoms in total. The summed E-state index contributed by atoms with van der Waals surface area (Å²) < 4.78 is 57.9. The Hall–Kier alpha value is -4.40. The Morgan fingerprint density at radius 1 is 0.879 bits per heavy atom. The van der Waals surface area contributed by atoms with E-state index in [1.54, 1.807) is 21.9 Å². The summed E-state index contributed by atoms with van der Waals surface area (Å²) in [5.74, 6) is -2.09. The van der Waals surface area contributed by atoms with Crippen LogP contribution in [0.4, 0.5) is 8.78 Å². The van der Waals surface area contributed by atoms with Crippen LogP contribution in [-0.2, 0) is 38.5 Å². The number of amides is 3. The lowest BCUT2D eigenvalue weighted by molar-refractivity contribution is -0.146. The summed E-state index contributed by atoms with van der Waals surface area (Å²) in [4.78, 5) is 84.8. The monoisotopic (exact) mass is 969 g/mol. The van der Waals surface area contributed by atoms with Crippen LogP contribution in [0.25, 0.3) is 10.8 Å². The first-order valence-electron chi connectivity index (χ1n) is 22.5. The average molecular weight is 970 g/mol. The number of hydrogen-bond donors (Lipinski definition) is 2. The van der Waals surface area contributed by atoms with Gasteiger partial charge < -0.3 is 29.1 Å². The SMILES string of the molecule is CC(C)CC(=O)SCCOP(=O)(OCCSC(=O)CC(C)C)C(F)(F)c1ccc2ccc(C(=O)NC3CCCC[C@H]4CC[C@@H](C(=O)N5C[C@H](c6cc[nH]c(=O)c6)[C@@H](C#N)C5)N4C3=O)cc2c1. The minimum Gasteiger partial charge on any atom is -0.340 e. The summed E-state index contributed by atoms with van der Waals surface area (Å²) >= 11 is 1.78. The number of fused-ring (bicyclic) bond motifs is 2. The van der Waals surface area contributed by atoms with E-state index < -0.39 is 61.9 Å². The fourth-order valence-electron chi connectivity index (χ4n) is 8.85. The van der Waals surface area contributed by atoms with E-state index in [1.165, 1.54) is 30.5 Å². The maximum atomic E-state index is 16.5. The van der Waals surface area contributed by atoms with Crippen LogP contribution in [0.1, 0.15) is 106 Å². The lowest BCUT2D eigenvalue weighted by Crippen LogP contribution is -2.56. The molecule has 3 aromatic rings. The number of alkyl halides is 2. The maximum absolute atomic E-state index is 16.5. The molecule has 3 saturated heterocycles. The summed E-state index contributed by atoms with van der Waals surface area (Å²) in [7, 11) is -5.28. The minimum atomic E-state index is -5.28. The molecule has 2 aromatic carbocycles. The smallest absolute Gasteiger partial charge is 0.340 e. The number of carbonyl (C=O) groups excluding carboxylic acids is 5. The highest BCUT2D eigenvalue weighted by atomic mass is 32.2. The number of rotatable bonds is 18. The molecule has 6 rings (SSSR count). The number of nitrogens with zero attached hydrogens (tertiary/aromatic N) is 3. The molecule has 1 unspecified atom stereocenters. The van der Waals surface area contributed by atoms with Crippen molar-refractivity contribution in [3.05, 3.63) is 81.8 Å². The first kappa shape index (κ1) is 51.0. The highest BCUT2D eigenvalue weighted by Gasteiger charge is 2.55. The molecule has 0 spiro atoms. The highest BCUT2D eigenvalue weighted by Crippen LogP contribution is 2.67. The number of nitrogens with one attached hydrogen (secondary N) is 2. The molecule has 0 aliphatic carbocycles. The zero-order chi connectivity index (χ0) is 47.8. The molecule has 0 radical (unpaired) electrons. The van der Waals surface area contributed by atoms with Gasteiger partial charge in [-0.2, -0.15) is 14.0 Å². The van der Waals surface area contributed by atoms with E-state index in [0.29, 0.717) is 43.1 Å². The van der Waals surface area contributed by atoms with Gasteiger partial charge in [-0.3, -0.25) is 33.3 Å². The second kappa shape index (κ2) is 22.6. The lowest BCUT2D eigenvalue weighted by Gasteiger charge is -2.36. The van der Waals surface area contributed by atoms with Crippen molar-refractivity contribution in [2.75, 3.05) is 37.8 Å². The minimum absolute atomic E-state index is 0.0355. The van der Waals surface area contributed by atoms with Crippen molar-refractivity contribution in [2.45, 2.75) is 109 Å². The van der Waals surface area contributed by atoms with Crippen molar-refractivity contribution >= 4 is 69.8 Å². The molecule has 0 bridgehead atoms. The van der Waals surface area contributed by atoms with Crippen LogP contribution in [0, 0.1) is 29.1 Å². The number of nitriles is 1. The van der Waals surface area contributed by atoms with E-state index >= 15 is 8.78 Å². The molecule has 3 fully saturated rings. The van der Waals surface area contributed by atoms with Crippen LogP contribution in [-0.4, -0.2) is 98.7 Å². The second-order valence-electron chi connectivity index (χ2n) is 18.0. The Balaban J connectivity index is 1.17. The van der Waals surface area contributed by atoms with Gasteiger partial charge in [-0.05, 0) is 78.1 Å². The van der Waals surface area contributed by atoms with Gasteiger partial charge in [0.25, 0.3) is 5.91 Å². The summed E-state index contributed by atoms with van der Waals surface area (Å²) in [6.07, 6.45) is 5.51. The van der Waals surface area contributed by atoms with Crippen LogP contribution in [0.5, 0.6) is 0 Å². The second-order valence-corrected chi connectivity index (χ2v) is 22.4. The van der Waals surface area contributed by atoms with E-state index in [0.717, 1.165) is 42.1 Å². The molecule has 4 heterocycles. The molecule has 19 heteroatoms. The lowest BCUT2D eigenvalue weighted by atomic mass is 9.91. The van der Waals surface area contributed by atoms with Crippen LogP contribution >= 0.6 is 31.1 Å². The van der Waals surface area contributed by atoms with Crippen molar-refractivity contribution in [1.29, 1.82) is 5.26 Å². The predicted octanol–water partition coefficient (Wildman–Crippen LogP) is 8.21. The number of halogens is 2. The molecule has 3 amide bonds.